The molecular weight excluding hydrogens is 230 g/mol. The lowest BCUT2D eigenvalue weighted by molar-refractivity contribution is 0.340. The Labute approximate surface area is 106 Å². The molecule has 0 spiro atoms. The van der Waals surface area contributed by atoms with E-state index in [-0.39, 0.29) is 0 Å². The molecule has 0 atom stereocenters. The molecule has 2 N–H and O–H groups in total. The fraction of sp³-hybridized carbons (Fsp3) is 0.417. The van der Waals surface area contributed by atoms with Gasteiger partial charge in [0.05, 0.1) is 12.3 Å². The Morgan fingerprint density at radius 1 is 1.28 bits per heavy atom. The third-order valence-corrected chi connectivity index (χ3v) is 2.53. The van der Waals surface area contributed by atoms with E-state index in [1.54, 1.807) is 4.68 Å². The molecular formula is C12H17N5O. The average molecular weight is 247 g/mol. The molecule has 0 bridgehead atoms. The van der Waals surface area contributed by atoms with Gasteiger partial charge in [-0.3, -0.25) is 0 Å². The zero-order chi connectivity index (χ0) is 12.8. The largest absolute Gasteiger partial charge is 0.494 e. The highest BCUT2D eigenvalue weighted by atomic mass is 16.5. The van der Waals surface area contributed by atoms with E-state index in [4.69, 9.17) is 10.5 Å². The van der Waals surface area contributed by atoms with Gasteiger partial charge in [-0.2, -0.15) is 4.68 Å². The van der Waals surface area contributed by atoms with E-state index in [9.17, 15) is 0 Å². The Kier molecular flexibility index (Phi) is 4.25. The second kappa shape index (κ2) is 6.11. The molecule has 0 aliphatic rings. The van der Waals surface area contributed by atoms with Crippen molar-refractivity contribution in [2.75, 3.05) is 13.2 Å². The van der Waals surface area contributed by atoms with Crippen molar-refractivity contribution in [3.05, 3.63) is 30.1 Å². The van der Waals surface area contributed by atoms with Crippen LogP contribution >= 0.6 is 0 Å². The summed E-state index contributed by atoms with van der Waals surface area (Å²) in [5.41, 5.74) is 6.42. The van der Waals surface area contributed by atoms with Crippen molar-refractivity contribution in [2.45, 2.75) is 19.8 Å². The van der Waals surface area contributed by atoms with Crippen LogP contribution in [0.1, 0.15) is 19.2 Å². The summed E-state index contributed by atoms with van der Waals surface area (Å²) in [7, 11) is 0. The molecule has 2 aromatic rings. The first-order valence-corrected chi connectivity index (χ1v) is 6.05. The molecule has 0 aliphatic heterocycles. The molecule has 0 amide bonds. The smallest absolute Gasteiger partial charge is 0.156 e. The molecule has 0 saturated heterocycles. The number of rotatable bonds is 6. The molecule has 0 saturated carbocycles. The lowest BCUT2D eigenvalue weighted by atomic mass is 10.2. The number of aromatic nitrogens is 4. The minimum absolute atomic E-state index is 0.635. The summed E-state index contributed by atoms with van der Waals surface area (Å²) in [5.74, 6) is 1.67. The van der Waals surface area contributed by atoms with Crippen LogP contribution in [-0.2, 0) is 6.42 Å². The SMILES string of the molecule is CCOc1ccc(-n2nnnc2CCCN)cc1. The molecule has 96 valence electrons. The number of nitrogens with zero attached hydrogens (tertiary/aromatic N) is 4. The topological polar surface area (TPSA) is 78.8 Å². The van der Waals surface area contributed by atoms with E-state index < -0.39 is 0 Å². The first-order valence-electron chi connectivity index (χ1n) is 6.05. The summed E-state index contributed by atoms with van der Waals surface area (Å²) in [6, 6.07) is 7.70. The van der Waals surface area contributed by atoms with E-state index >= 15 is 0 Å². The maximum atomic E-state index is 5.49. The van der Waals surface area contributed by atoms with E-state index in [2.05, 4.69) is 15.5 Å². The standard InChI is InChI=1S/C12H17N5O/c1-2-18-11-7-5-10(6-8-11)17-12(4-3-9-13)14-15-16-17/h5-8H,2-4,9,13H2,1H3. The van der Waals surface area contributed by atoms with Crippen molar-refractivity contribution < 1.29 is 4.74 Å². The molecule has 6 heteroatoms. The first kappa shape index (κ1) is 12.5. The van der Waals surface area contributed by atoms with Gasteiger partial charge in [0, 0.05) is 6.42 Å². The van der Waals surface area contributed by atoms with E-state index in [1.807, 2.05) is 31.2 Å². The Bertz CT molecular complexity index is 479. The van der Waals surface area contributed by atoms with E-state index in [0.29, 0.717) is 13.2 Å². The fourth-order valence-corrected chi connectivity index (χ4v) is 1.67. The predicted molar refractivity (Wildman–Crippen MR) is 67.7 cm³/mol. The summed E-state index contributed by atoms with van der Waals surface area (Å²) < 4.78 is 7.12. The highest BCUT2D eigenvalue weighted by molar-refractivity contribution is 5.37. The van der Waals surface area contributed by atoms with Crippen molar-refractivity contribution in [1.29, 1.82) is 0 Å². The van der Waals surface area contributed by atoms with Gasteiger partial charge >= 0.3 is 0 Å². The Morgan fingerprint density at radius 2 is 2.06 bits per heavy atom. The van der Waals surface area contributed by atoms with Crippen LogP contribution in [-0.4, -0.2) is 33.4 Å². The number of benzene rings is 1. The van der Waals surface area contributed by atoms with Gasteiger partial charge in [0.15, 0.2) is 5.82 Å². The normalized spacial score (nSPS) is 10.6. The molecule has 0 aliphatic carbocycles. The average Bonchev–Trinajstić information content (AvgIpc) is 2.86. The van der Waals surface area contributed by atoms with Gasteiger partial charge in [-0.05, 0) is 54.6 Å². The fourth-order valence-electron chi connectivity index (χ4n) is 1.67. The van der Waals surface area contributed by atoms with Gasteiger partial charge in [-0.15, -0.1) is 5.10 Å². The number of tetrazole rings is 1. The number of ether oxygens (including phenoxy) is 1. The molecule has 0 radical (unpaired) electrons. The molecule has 18 heavy (non-hydrogen) atoms. The number of aryl methyl sites for hydroxylation is 1. The maximum absolute atomic E-state index is 5.49. The predicted octanol–water partition coefficient (Wildman–Crippen LogP) is 0.952. The number of hydrogen-bond donors (Lipinski definition) is 1. The molecule has 2 rings (SSSR count). The molecule has 1 aromatic carbocycles. The van der Waals surface area contributed by atoms with Gasteiger partial charge in [-0.25, -0.2) is 0 Å². The van der Waals surface area contributed by atoms with Crippen molar-refractivity contribution in [3.8, 4) is 11.4 Å². The number of nitrogens with two attached hydrogens (primary N) is 1. The molecule has 0 fully saturated rings. The molecule has 1 aromatic heterocycles. The monoisotopic (exact) mass is 247 g/mol. The Morgan fingerprint density at radius 3 is 2.72 bits per heavy atom. The lowest BCUT2D eigenvalue weighted by Crippen LogP contribution is -2.07. The third-order valence-electron chi connectivity index (χ3n) is 2.53. The second-order valence-corrected chi connectivity index (χ2v) is 3.83. The number of hydrogen-bond acceptors (Lipinski definition) is 5. The molecule has 0 unspecified atom stereocenters. The zero-order valence-electron chi connectivity index (χ0n) is 10.4. The molecule has 1 heterocycles. The van der Waals surface area contributed by atoms with Crippen molar-refractivity contribution in [1.82, 2.24) is 20.2 Å². The van der Waals surface area contributed by atoms with Crippen LogP contribution in [0.3, 0.4) is 0 Å². The summed E-state index contributed by atoms with van der Waals surface area (Å²) in [5, 5.41) is 11.7. The zero-order valence-corrected chi connectivity index (χ0v) is 10.4. The van der Waals surface area contributed by atoms with Crippen LogP contribution < -0.4 is 10.5 Å². The summed E-state index contributed by atoms with van der Waals surface area (Å²) in [6.45, 7) is 3.25. The summed E-state index contributed by atoms with van der Waals surface area (Å²) in [6.07, 6.45) is 1.65. The van der Waals surface area contributed by atoms with Crippen LogP contribution in [0.25, 0.3) is 5.69 Å². The third kappa shape index (κ3) is 2.84. The van der Waals surface area contributed by atoms with E-state index in [0.717, 1.165) is 30.1 Å². The summed E-state index contributed by atoms with van der Waals surface area (Å²) >= 11 is 0. The summed E-state index contributed by atoms with van der Waals surface area (Å²) in [4.78, 5) is 0. The van der Waals surface area contributed by atoms with Crippen molar-refractivity contribution >= 4 is 0 Å². The van der Waals surface area contributed by atoms with Crippen molar-refractivity contribution in [2.24, 2.45) is 5.73 Å². The van der Waals surface area contributed by atoms with Gasteiger partial charge in [0.25, 0.3) is 0 Å². The second-order valence-electron chi connectivity index (χ2n) is 3.83. The van der Waals surface area contributed by atoms with Gasteiger partial charge in [0.2, 0.25) is 0 Å². The van der Waals surface area contributed by atoms with Crippen LogP contribution in [0.5, 0.6) is 5.75 Å². The highest BCUT2D eigenvalue weighted by Gasteiger charge is 2.07. The van der Waals surface area contributed by atoms with Gasteiger partial charge in [0.1, 0.15) is 5.75 Å². The maximum Gasteiger partial charge on any atom is 0.156 e. The lowest BCUT2D eigenvalue weighted by Gasteiger charge is -2.06. The van der Waals surface area contributed by atoms with Crippen LogP contribution in [0.4, 0.5) is 0 Å². The Hall–Kier alpha value is -1.95. The van der Waals surface area contributed by atoms with Crippen LogP contribution in [0, 0.1) is 0 Å². The first-order chi connectivity index (χ1) is 8.85. The Balaban J connectivity index is 2.17. The molecule has 6 nitrogen and oxygen atoms in total. The minimum Gasteiger partial charge on any atom is -0.494 e. The minimum atomic E-state index is 0.635. The highest BCUT2D eigenvalue weighted by Crippen LogP contribution is 2.15. The van der Waals surface area contributed by atoms with Gasteiger partial charge in [-0.1, -0.05) is 0 Å². The quantitative estimate of drug-likeness (QED) is 0.822. The van der Waals surface area contributed by atoms with Crippen LogP contribution in [0.2, 0.25) is 0 Å². The van der Waals surface area contributed by atoms with Gasteiger partial charge < -0.3 is 10.5 Å². The van der Waals surface area contributed by atoms with Crippen molar-refractivity contribution in [3.63, 3.8) is 0 Å². The van der Waals surface area contributed by atoms with E-state index in [1.165, 1.54) is 0 Å². The van der Waals surface area contributed by atoms with Crippen LogP contribution in [0.15, 0.2) is 24.3 Å².